The molecule has 0 aliphatic heterocycles. The van der Waals surface area contributed by atoms with E-state index in [1.54, 1.807) is 36.3 Å². The number of aromatic nitrogens is 2. The molecule has 0 radical (unpaired) electrons. The maximum Gasteiger partial charge on any atom is 0.193 e. The molecule has 2 unspecified atom stereocenters. The molecule has 24 heavy (non-hydrogen) atoms. The average molecular weight is 352 g/mol. The summed E-state index contributed by atoms with van der Waals surface area (Å²) in [6.07, 6.45) is 10.8. The SMILES string of the molecule is CCCCCCCCSC(c1ccc(F)cc1)C(F)n1ccnc1. The predicted octanol–water partition coefficient (Wildman–Crippen LogP) is 6.33. The topological polar surface area (TPSA) is 17.8 Å². The van der Waals surface area contributed by atoms with Crippen LogP contribution in [0.4, 0.5) is 8.78 Å². The Morgan fingerprint density at radius 2 is 1.79 bits per heavy atom. The number of hydrogen-bond donors (Lipinski definition) is 0. The molecule has 2 aromatic rings. The third-order valence-electron chi connectivity index (χ3n) is 4.05. The van der Waals surface area contributed by atoms with Crippen LogP contribution < -0.4 is 0 Å². The Kier molecular flexibility index (Phi) is 8.29. The Hall–Kier alpha value is -1.36. The van der Waals surface area contributed by atoms with Gasteiger partial charge in [0, 0.05) is 12.4 Å². The summed E-state index contributed by atoms with van der Waals surface area (Å²) in [4.78, 5) is 3.93. The lowest BCUT2D eigenvalue weighted by atomic mass is 10.1. The molecule has 1 aromatic carbocycles. The van der Waals surface area contributed by atoms with Crippen molar-refractivity contribution in [1.29, 1.82) is 0 Å². The van der Waals surface area contributed by atoms with Crippen LogP contribution in [0.3, 0.4) is 0 Å². The zero-order chi connectivity index (χ0) is 17.2. The zero-order valence-corrected chi connectivity index (χ0v) is 15.0. The summed E-state index contributed by atoms with van der Waals surface area (Å²) >= 11 is 1.60. The molecule has 0 amide bonds. The van der Waals surface area contributed by atoms with E-state index >= 15 is 0 Å². The number of alkyl halides is 1. The number of rotatable bonds is 11. The van der Waals surface area contributed by atoms with Gasteiger partial charge in [0.15, 0.2) is 6.30 Å². The number of thioether (sulfide) groups is 1. The molecule has 2 rings (SSSR count). The van der Waals surface area contributed by atoms with Crippen molar-refractivity contribution in [2.24, 2.45) is 0 Å². The van der Waals surface area contributed by atoms with Crippen molar-refractivity contribution in [1.82, 2.24) is 9.55 Å². The maximum atomic E-state index is 14.9. The van der Waals surface area contributed by atoms with E-state index in [0.717, 1.165) is 17.7 Å². The molecular formula is C19H26F2N2S. The van der Waals surface area contributed by atoms with E-state index < -0.39 is 6.30 Å². The van der Waals surface area contributed by atoms with Gasteiger partial charge in [0.05, 0.1) is 11.6 Å². The smallest absolute Gasteiger partial charge is 0.193 e. The number of benzene rings is 1. The van der Waals surface area contributed by atoms with Crippen LogP contribution in [0.2, 0.25) is 0 Å². The Bertz CT molecular complexity index is 557. The van der Waals surface area contributed by atoms with E-state index in [9.17, 15) is 8.78 Å². The number of halogens is 2. The molecule has 132 valence electrons. The van der Waals surface area contributed by atoms with Crippen molar-refractivity contribution in [2.45, 2.75) is 57.0 Å². The summed E-state index contributed by atoms with van der Waals surface area (Å²) < 4.78 is 29.5. The normalized spacial score (nSPS) is 13.8. The molecule has 0 N–H and O–H groups in total. The van der Waals surface area contributed by atoms with Crippen molar-refractivity contribution in [3.63, 3.8) is 0 Å². The summed E-state index contributed by atoms with van der Waals surface area (Å²) in [7, 11) is 0. The third-order valence-corrected chi connectivity index (χ3v) is 5.43. The van der Waals surface area contributed by atoms with Crippen LogP contribution in [-0.4, -0.2) is 15.3 Å². The van der Waals surface area contributed by atoms with E-state index in [1.807, 2.05) is 0 Å². The minimum Gasteiger partial charge on any atom is -0.305 e. The van der Waals surface area contributed by atoms with Gasteiger partial charge in [-0.1, -0.05) is 51.2 Å². The largest absolute Gasteiger partial charge is 0.305 e. The molecule has 2 atom stereocenters. The lowest BCUT2D eigenvalue weighted by Crippen LogP contribution is -2.11. The van der Waals surface area contributed by atoms with Crippen LogP contribution in [0.25, 0.3) is 0 Å². The lowest BCUT2D eigenvalue weighted by molar-refractivity contribution is 0.235. The molecule has 1 aromatic heterocycles. The van der Waals surface area contributed by atoms with Gasteiger partial charge < -0.3 is 4.57 Å². The minimum absolute atomic E-state index is 0.295. The minimum atomic E-state index is -1.21. The first kappa shape index (κ1) is 19.0. The summed E-state index contributed by atoms with van der Waals surface area (Å²) in [6, 6.07) is 6.15. The number of nitrogens with zero attached hydrogens (tertiary/aromatic N) is 2. The van der Waals surface area contributed by atoms with Gasteiger partial charge in [-0.15, -0.1) is 11.8 Å². The summed E-state index contributed by atoms with van der Waals surface area (Å²) in [5.74, 6) is 0.611. The second kappa shape index (κ2) is 10.5. The molecule has 2 nitrogen and oxygen atoms in total. The Balaban J connectivity index is 1.92. The standard InChI is InChI=1S/C19H26F2N2S/c1-2-3-4-5-6-7-14-24-18(16-8-10-17(20)11-9-16)19(21)23-13-12-22-15-23/h8-13,15,18-19H,2-7,14H2,1H3. The molecule has 0 fully saturated rings. The first-order chi connectivity index (χ1) is 11.7. The molecule has 0 saturated carbocycles. The molecular weight excluding hydrogens is 326 g/mol. The molecule has 0 bridgehead atoms. The van der Waals surface area contributed by atoms with E-state index in [-0.39, 0.29) is 11.1 Å². The van der Waals surface area contributed by atoms with Gasteiger partial charge in [0.1, 0.15) is 5.82 Å². The molecule has 0 aliphatic rings. The second-order valence-electron chi connectivity index (χ2n) is 5.99. The van der Waals surface area contributed by atoms with Crippen molar-refractivity contribution in [3.05, 3.63) is 54.4 Å². The third kappa shape index (κ3) is 5.93. The highest BCUT2D eigenvalue weighted by molar-refractivity contribution is 7.99. The number of unbranched alkanes of at least 4 members (excludes halogenated alkanes) is 5. The molecule has 0 spiro atoms. The first-order valence-corrected chi connectivity index (χ1v) is 9.76. The first-order valence-electron chi connectivity index (χ1n) is 8.71. The van der Waals surface area contributed by atoms with Crippen molar-refractivity contribution < 1.29 is 8.78 Å². The van der Waals surface area contributed by atoms with Crippen molar-refractivity contribution in [2.75, 3.05) is 5.75 Å². The number of hydrogen-bond acceptors (Lipinski definition) is 2. The monoisotopic (exact) mass is 352 g/mol. The van der Waals surface area contributed by atoms with E-state index in [2.05, 4.69) is 11.9 Å². The summed E-state index contributed by atoms with van der Waals surface area (Å²) in [6.45, 7) is 2.21. The molecule has 0 saturated heterocycles. The van der Waals surface area contributed by atoms with Crippen molar-refractivity contribution >= 4 is 11.8 Å². The Labute approximate surface area is 147 Å². The van der Waals surface area contributed by atoms with Gasteiger partial charge in [-0.05, 0) is 29.9 Å². The van der Waals surface area contributed by atoms with Gasteiger partial charge in [0.2, 0.25) is 0 Å². The highest BCUT2D eigenvalue weighted by atomic mass is 32.2. The van der Waals surface area contributed by atoms with Crippen LogP contribution in [0, 0.1) is 5.82 Å². The summed E-state index contributed by atoms with van der Waals surface area (Å²) in [5, 5.41) is -0.351. The van der Waals surface area contributed by atoms with Gasteiger partial charge >= 0.3 is 0 Å². The van der Waals surface area contributed by atoms with E-state index in [0.29, 0.717) is 0 Å². The average Bonchev–Trinajstić information content (AvgIpc) is 3.13. The second-order valence-corrected chi connectivity index (χ2v) is 7.24. The highest BCUT2D eigenvalue weighted by Gasteiger charge is 2.24. The Morgan fingerprint density at radius 3 is 2.46 bits per heavy atom. The highest BCUT2D eigenvalue weighted by Crippen LogP contribution is 2.40. The van der Waals surface area contributed by atoms with Gasteiger partial charge in [-0.2, -0.15) is 0 Å². The quantitative estimate of drug-likeness (QED) is 0.440. The Morgan fingerprint density at radius 1 is 1.08 bits per heavy atom. The van der Waals surface area contributed by atoms with Gasteiger partial charge in [-0.25, -0.2) is 13.8 Å². The van der Waals surface area contributed by atoms with Gasteiger partial charge in [0.25, 0.3) is 0 Å². The predicted molar refractivity (Wildman–Crippen MR) is 97.3 cm³/mol. The zero-order valence-electron chi connectivity index (χ0n) is 14.2. The van der Waals surface area contributed by atoms with E-state index in [4.69, 9.17) is 0 Å². The van der Waals surface area contributed by atoms with Crippen LogP contribution in [-0.2, 0) is 0 Å². The molecule has 1 heterocycles. The fraction of sp³-hybridized carbons (Fsp3) is 0.526. The van der Waals surface area contributed by atoms with Crippen LogP contribution in [0.5, 0.6) is 0 Å². The lowest BCUT2D eigenvalue weighted by Gasteiger charge is -2.22. The van der Waals surface area contributed by atoms with Gasteiger partial charge in [-0.3, -0.25) is 0 Å². The molecule has 0 aliphatic carbocycles. The van der Waals surface area contributed by atoms with Crippen LogP contribution in [0.1, 0.15) is 62.6 Å². The fourth-order valence-corrected chi connectivity index (χ4v) is 3.92. The van der Waals surface area contributed by atoms with Crippen molar-refractivity contribution in [3.8, 4) is 0 Å². The van der Waals surface area contributed by atoms with Crippen LogP contribution in [0.15, 0.2) is 43.0 Å². The number of imidazole rings is 1. The van der Waals surface area contributed by atoms with Crippen LogP contribution >= 0.6 is 11.8 Å². The molecule has 5 heteroatoms. The maximum absolute atomic E-state index is 14.9. The summed E-state index contributed by atoms with van der Waals surface area (Å²) in [5.41, 5.74) is 0.814. The van der Waals surface area contributed by atoms with E-state index in [1.165, 1.54) is 55.1 Å². The fourth-order valence-electron chi connectivity index (χ4n) is 2.65.